The summed E-state index contributed by atoms with van der Waals surface area (Å²) in [6.45, 7) is 1.47. The highest BCUT2D eigenvalue weighted by Crippen LogP contribution is 2.15. The van der Waals surface area contributed by atoms with Crippen LogP contribution in [0.15, 0.2) is 12.3 Å². The van der Waals surface area contributed by atoms with Crippen LogP contribution in [0.4, 0.5) is 0 Å². The predicted octanol–water partition coefficient (Wildman–Crippen LogP) is 1.65. The van der Waals surface area contributed by atoms with Crippen LogP contribution in [0.5, 0.6) is 0 Å². The lowest BCUT2D eigenvalue weighted by molar-refractivity contribution is 0.0709. The second-order valence-corrected chi connectivity index (χ2v) is 4.30. The fourth-order valence-corrected chi connectivity index (χ4v) is 1.93. The van der Waals surface area contributed by atoms with E-state index in [-0.39, 0.29) is 24.4 Å². The average molecular weight is 264 g/mol. The van der Waals surface area contributed by atoms with Crippen molar-refractivity contribution in [1.82, 2.24) is 9.88 Å². The topological polar surface area (TPSA) is 62.1 Å². The molecule has 1 saturated heterocycles. The highest BCUT2D eigenvalue weighted by atomic mass is 35.5. The zero-order valence-corrected chi connectivity index (χ0v) is 10.4. The molecule has 0 saturated carbocycles. The van der Waals surface area contributed by atoms with Gasteiger partial charge in [0.25, 0.3) is 5.91 Å². The molecule has 1 aliphatic rings. The van der Waals surface area contributed by atoms with Gasteiger partial charge in [0.15, 0.2) is 0 Å². The Morgan fingerprint density at radius 1 is 1.50 bits per heavy atom. The first kappa shape index (κ1) is 13.4. The third-order valence-electron chi connectivity index (χ3n) is 2.71. The van der Waals surface area contributed by atoms with Crippen LogP contribution in [0, 0.1) is 0 Å². The summed E-state index contributed by atoms with van der Waals surface area (Å²) in [7, 11) is 0. The molecule has 2 rings (SSSR count). The van der Waals surface area contributed by atoms with Crippen molar-refractivity contribution in [3.05, 3.63) is 23.0 Å². The fourth-order valence-electron chi connectivity index (χ4n) is 1.76. The first-order valence-corrected chi connectivity index (χ1v) is 5.43. The summed E-state index contributed by atoms with van der Waals surface area (Å²) >= 11 is 5.74. The van der Waals surface area contributed by atoms with Crippen LogP contribution in [-0.4, -0.2) is 34.9 Å². The third kappa shape index (κ3) is 2.90. The minimum Gasteiger partial charge on any atom is -0.356 e. The number of hydrogen-bond acceptors (Lipinski definition) is 2. The van der Waals surface area contributed by atoms with Crippen LogP contribution < -0.4 is 5.73 Å². The number of carbonyl (C=O) groups excluding carboxylic acids is 1. The lowest BCUT2D eigenvalue weighted by Gasteiger charge is -2.29. The highest BCUT2D eigenvalue weighted by molar-refractivity contribution is 6.30. The molecule has 0 radical (unpaired) electrons. The van der Waals surface area contributed by atoms with Crippen molar-refractivity contribution < 1.29 is 4.79 Å². The maximum atomic E-state index is 11.9. The number of nitrogens with zero attached hydrogens (tertiary/aromatic N) is 1. The number of piperidine rings is 1. The molecule has 1 fully saturated rings. The Bertz CT molecular complexity index is 359. The monoisotopic (exact) mass is 263 g/mol. The van der Waals surface area contributed by atoms with Crippen molar-refractivity contribution in [2.45, 2.75) is 18.9 Å². The summed E-state index contributed by atoms with van der Waals surface area (Å²) < 4.78 is 0. The summed E-state index contributed by atoms with van der Waals surface area (Å²) in [5.41, 5.74) is 6.32. The maximum absolute atomic E-state index is 11.9. The van der Waals surface area contributed by atoms with E-state index in [1.54, 1.807) is 12.3 Å². The van der Waals surface area contributed by atoms with Gasteiger partial charge in [-0.2, -0.15) is 0 Å². The Morgan fingerprint density at radius 3 is 2.62 bits per heavy atom. The Morgan fingerprint density at radius 2 is 2.12 bits per heavy atom. The number of nitrogens with one attached hydrogen (secondary N) is 1. The van der Waals surface area contributed by atoms with E-state index in [0.29, 0.717) is 10.7 Å². The van der Waals surface area contributed by atoms with E-state index in [1.165, 1.54) is 0 Å². The highest BCUT2D eigenvalue weighted by Gasteiger charge is 2.22. The van der Waals surface area contributed by atoms with Crippen LogP contribution in [0.1, 0.15) is 23.3 Å². The number of halogens is 2. The Kier molecular flexibility index (Phi) is 4.65. The number of amides is 1. The van der Waals surface area contributed by atoms with Gasteiger partial charge in [0.05, 0.1) is 5.02 Å². The van der Waals surface area contributed by atoms with E-state index < -0.39 is 0 Å². The molecule has 1 amide bonds. The Hall–Kier alpha value is -0.710. The molecule has 3 N–H and O–H groups in total. The molecule has 2 heterocycles. The molecule has 6 heteroatoms. The molecule has 1 aromatic rings. The standard InChI is InChI=1S/C10H14ClN3O.ClH/c11-7-5-9(13-6-7)10(15)14-3-1-8(12)2-4-14;/h5-6,8,13H,1-4,12H2;1H. The van der Waals surface area contributed by atoms with Crippen molar-refractivity contribution in [1.29, 1.82) is 0 Å². The van der Waals surface area contributed by atoms with Crippen LogP contribution in [0.2, 0.25) is 5.02 Å². The van der Waals surface area contributed by atoms with Crippen LogP contribution in [-0.2, 0) is 0 Å². The van der Waals surface area contributed by atoms with Gasteiger partial charge in [-0.25, -0.2) is 0 Å². The van der Waals surface area contributed by atoms with E-state index in [1.807, 2.05) is 4.90 Å². The Labute approximate surface area is 106 Å². The van der Waals surface area contributed by atoms with Crippen molar-refractivity contribution in [2.24, 2.45) is 5.73 Å². The molecule has 0 aliphatic carbocycles. The van der Waals surface area contributed by atoms with Gasteiger partial charge in [-0.3, -0.25) is 4.79 Å². The maximum Gasteiger partial charge on any atom is 0.270 e. The van der Waals surface area contributed by atoms with Gasteiger partial charge < -0.3 is 15.6 Å². The normalized spacial score (nSPS) is 17.0. The van der Waals surface area contributed by atoms with Gasteiger partial charge in [0.2, 0.25) is 0 Å². The summed E-state index contributed by atoms with van der Waals surface area (Å²) in [4.78, 5) is 16.6. The number of likely N-dealkylation sites (tertiary alicyclic amines) is 1. The number of aromatic nitrogens is 1. The molecule has 0 unspecified atom stereocenters. The van der Waals surface area contributed by atoms with Crippen LogP contribution >= 0.6 is 24.0 Å². The molecule has 0 aromatic carbocycles. The van der Waals surface area contributed by atoms with Crippen molar-refractivity contribution in [2.75, 3.05) is 13.1 Å². The first-order valence-electron chi connectivity index (χ1n) is 5.05. The van der Waals surface area contributed by atoms with Crippen molar-refractivity contribution in [3.8, 4) is 0 Å². The third-order valence-corrected chi connectivity index (χ3v) is 2.92. The lowest BCUT2D eigenvalue weighted by Crippen LogP contribution is -2.42. The zero-order valence-electron chi connectivity index (χ0n) is 8.78. The van der Waals surface area contributed by atoms with Gasteiger partial charge in [-0.1, -0.05) is 11.6 Å². The summed E-state index contributed by atoms with van der Waals surface area (Å²) in [5, 5.41) is 0.562. The SMILES string of the molecule is Cl.NC1CCN(C(=O)c2cc(Cl)c[nH]2)CC1. The lowest BCUT2D eigenvalue weighted by atomic mass is 10.1. The number of nitrogens with two attached hydrogens (primary N) is 1. The van der Waals surface area contributed by atoms with E-state index in [2.05, 4.69) is 4.98 Å². The minimum absolute atomic E-state index is 0. The van der Waals surface area contributed by atoms with E-state index in [9.17, 15) is 4.79 Å². The van der Waals surface area contributed by atoms with E-state index >= 15 is 0 Å². The molecule has 1 aromatic heterocycles. The number of rotatable bonds is 1. The molecule has 16 heavy (non-hydrogen) atoms. The largest absolute Gasteiger partial charge is 0.356 e. The fraction of sp³-hybridized carbons (Fsp3) is 0.500. The quantitative estimate of drug-likeness (QED) is 0.810. The summed E-state index contributed by atoms with van der Waals surface area (Å²) in [6.07, 6.45) is 3.37. The number of carbonyl (C=O) groups is 1. The predicted molar refractivity (Wildman–Crippen MR) is 66.2 cm³/mol. The molecule has 4 nitrogen and oxygen atoms in total. The molecule has 0 atom stereocenters. The van der Waals surface area contributed by atoms with Gasteiger partial charge in [-0.15, -0.1) is 12.4 Å². The first-order chi connectivity index (χ1) is 7.16. The molecule has 90 valence electrons. The molecule has 1 aliphatic heterocycles. The number of H-pyrrole nitrogens is 1. The summed E-state index contributed by atoms with van der Waals surface area (Å²) in [5.74, 6) is 0.00815. The van der Waals surface area contributed by atoms with E-state index in [0.717, 1.165) is 25.9 Å². The number of aromatic amines is 1. The second kappa shape index (κ2) is 5.57. The minimum atomic E-state index is 0. The number of hydrogen-bond donors (Lipinski definition) is 2. The van der Waals surface area contributed by atoms with Crippen LogP contribution in [0.3, 0.4) is 0 Å². The average Bonchev–Trinajstić information content (AvgIpc) is 2.65. The molecular formula is C10H15Cl2N3O. The molecule has 0 bridgehead atoms. The Balaban J connectivity index is 0.00000128. The van der Waals surface area contributed by atoms with Gasteiger partial charge >= 0.3 is 0 Å². The molecule has 0 spiro atoms. The van der Waals surface area contributed by atoms with Gasteiger partial charge in [0, 0.05) is 25.3 Å². The van der Waals surface area contributed by atoms with Gasteiger partial charge in [0.1, 0.15) is 5.69 Å². The van der Waals surface area contributed by atoms with Crippen molar-refractivity contribution in [3.63, 3.8) is 0 Å². The molecular weight excluding hydrogens is 249 g/mol. The van der Waals surface area contributed by atoms with E-state index in [4.69, 9.17) is 17.3 Å². The smallest absolute Gasteiger partial charge is 0.270 e. The second-order valence-electron chi connectivity index (χ2n) is 3.86. The van der Waals surface area contributed by atoms with Gasteiger partial charge in [-0.05, 0) is 18.9 Å². The summed E-state index contributed by atoms with van der Waals surface area (Å²) in [6, 6.07) is 1.89. The van der Waals surface area contributed by atoms with Crippen molar-refractivity contribution >= 4 is 29.9 Å². The zero-order chi connectivity index (χ0) is 10.8. The van der Waals surface area contributed by atoms with Crippen LogP contribution in [0.25, 0.3) is 0 Å².